The molecule has 0 unspecified atom stereocenters. The molecular formula is C13H14ClNO4. The Morgan fingerprint density at radius 2 is 2.16 bits per heavy atom. The second-order valence-electron chi connectivity index (χ2n) is 4.92. The van der Waals surface area contributed by atoms with Gasteiger partial charge in [-0.2, -0.15) is 0 Å². The number of aromatic carboxylic acids is 1. The molecule has 1 aromatic carbocycles. The number of halogens is 1. The number of carbonyl (C=O) groups is 2. The lowest BCUT2D eigenvalue weighted by atomic mass is 9.76. The summed E-state index contributed by atoms with van der Waals surface area (Å²) in [6, 6.07) is 3.63. The third-order valence-corrected chi connectivity index (χ3v) is 3.77. The SMILES string of the molecule is C[C@@]1(O)CC[C@H]1NC(=O)c1ccc(C(=O)O)cc1Cl. The predicted molar refractivity (Wildman–Crippen MR) is 69.5 cm³/mol. The first kappa shape index (κ1) is 13.8. The van der Waals surface area contributed by atoms with Gasteiger partial charge in [-0.25, -0.2) is 4.79 Å². The van der Waals surface area contributed by atoms with Crippen molar-refractivity contribution in [3.8, 4) is 0 Å². The van der Waals surface area contributed by atoms with Crippen molar-refractivity contribution in [2.24, 2.45) is 0 Å². The van der Waals surface area contributed by atoms with Crippen LogP contribution in [-0.4, -0.2) is 33.7 Å². The van der Waals surface area contributed by atoms with Gasteiger partial charge in [-0.05, 0) is 38.0 Å². The molecule has 1 aromatic rings. The van der Waals surface area contributed by atoms with Crippen molar-refractivity contribution in [1.29, 1.82) is 0 Å². The van der Waals surface area contributed by atoms with Crippen LogP contribution in [0.3, 0.4) is 0 Å². The van der Waals surface area contributed by atoms with Gasteiger partial charge in [0.05, 0.1) is 27.8 Å². The number of amides is 1. The second-order valence-corrected chi connectivity index (χ2v) is 5.33. The van der Waals surface area contributed by atoms with Gasteiger partial charge in [0.15, 0.2) is 0 Å². The Balaban J connectivity index is 2.14. The molecule has 1 amide bonds. The van der Waals surface area contributed by atoms with E-state index >= 15 is 0 Å². The average molecular weight is 284 g/mol. The Morgan fingerprint density at radius 1 is 1.47 bits per heavy atom. The fraction of sp³-hybridized carbons (Fsp3) is 0.385. The first-order valence-corrected chi connectivity index (χ1v) is 6.25. The molecule has 1 fully saturated rings. The Morgan fingerprint density at radius 3 is 2.58 bits per heavy atom. The van der Waals surface area contributed by atoms with Crippen LogP contribution in [0.1, 0.15) is 40.5 Å². The molecule has 0 aliphatic heterocycles. The summed E-state index contributed by atoms with van der Waals surface area (Å²) < 4.78 is 0. The third-order valence-electron chi connectivity index (χ3n) is 3.46. The smallest absolute Gasteiger partial charge is 0.335 e. The number of carboxylic acid groups (broad SMARTS) is 1. The van der Waals surface area contributed by atoms with Crippen molar-refractivity contribution >= 4 is 23.5 Å². The largest absolute Gasteiger partial charge is 0.478 e. The zero-order valence-corrected chi connectivity index (χ0v) is 11.1. The van der Waals surface area contributed by atoms with E-state index in [-0.39, 0.29) is 22.2 Å². The maximum Gasteiger partial charge on any atom is 0.335 e. The van der Waals surface area contributed by atoms with Crippen molar-refractivity contribution < 1.29 is 19.8 Å². The van der Waals surface area contributed by atoms with Crippen molar-refractivity contribution in [2.75, 3.05) is 0 Å². The predicted octanol–water partition coefficient (Wildman–Crippen LogP) is 1.68. The van der Waals surface area contributed by atoms with E-state index in [9.17, 15) is 14.7 Å². The molecule has 2 rings (SSSR count). The maximum absolute atomic E-state index is 12.0. The summed E-state index contributed by atoms with van der Waals surface area (Å²) in [6.45, 7) is 1.66. The summed E-state index contributed by atoms with van der Waals surface area (Å²) in [6.07, 6.45) is 1.35. The highest BCUT2D eigenvalue weighted by Gasteiger charge is 2.41. The fourth-order valence-electron chi connectivity index (χ4n) is 2.00. The fourth-order valence-corrected chi connectivity index (χ4v) is 2.27. The van der Waals surface area contributed by atoms with Crippen molar-refractivity contribution in [3.63, 3.8) is 0 Å². The number of carboxylic acids is 1. The van der Waals surface area contributed by atoms with Gasteiger partial charge in [-0.1, -0.05) is 11.6 Å². The van der Waals surface area contributed by atoms with Crippen molar-refractivity contribution in [3.05, 3.63) is 34.3 Å². The lowest BCUT2D eigenvalue weighted by Crippen LogP contribution is -2.58. The Kier molecular flexibility index (Phi) is 3.52. The standard InChI is InChI=1S/C13H14ClNO4/c1-13(19)5-4-10(13)15-11(16)8-3-2-7(12(17)18)6-9(8)14/h2-3,6,10,19H,4-5H2,1H3,(H,15,16)(H,17,18)/t10-,13-/m1/s1. The molecule has 2 atom stereocenters. The van der Waals surface area contributed by atoms with Crippen LogP contribution >= 0.6 is 11.6 Å². The highest BCUT2D eigenvalue weighted by Crippen LogP contribution is 2.32. The molecule has 1 aliphatic carbocycles. The van der Waals surface area contributed by atoms with E-state index in [1.165, 1.54) is 18.2 Å². The molecule has 102 valence electrons. The monoisotopic (exact) mass is 283 g/mol. The van der Waals surface area contributed by atoms with Gasteiger partial charge in [-0.3, -0.25) is 4.79 Å². The minimum atomic E-state index is -1.10. The zero-order chi connectivity index (χ0) is 14.2. The zero-order valence-electron chi connectivity index (χ0n) is 10.3. The summed E-state index contributed by atoms with van der Waals surface area (Å²) in [5, 5.41) is 21.4. The molecule has 19 heavy (non-hydrogen) atoms. The summed E-state index contributed by atoms with van der Waals surface area (Å²) >= 11 is 5.90. The Labute approximate surface area is 115 Å². The normalized spacial score (nSPS) is 25.5. The molecule has 3 N–H and O–H groups in total. The van der Waals surface area contributed by atoms with E-state index in [2.05, 4.69) is 5.32 Å². The Bertz CT molecular complexity index is 541. The quantitative estimate of drug-likeness (QED) is 0.788. The summed E-state index contributed by atoms with van der Waals surface area (Å²) in [5.41, 5.74) is -0.657. The lowest BCUT2D eigenvalue weighted by Gasteiger charge is -2.42. The van der Waals surface area contributed by atoms with Gasteiger partial charge in [0.25, 0.3) is 5.91 Å². The van der Waals surface area contributed by atoms with E-state index < -0.39 is 17.5 Å². The van der Waals surface area contributed by atoms with Crippen LogP contribution < -0.4 is 5.32 Å². The molecule has 1 aliphatic rings. The molecule has 0 bridgehead atoms. The Hall–Kier alpha value is -1.59. The highest BCUT2D eigenvalue weighted by atomic mass is 35.5. The topological polar surface area (TPSA) is 86.6 Å². The summed E-state index contributed by atoms with van der Waals surface area (Å²) in [4.78, 5) is 22.7. The van der Waals surface area contributed by atoms with E-state index in [1.807, 2.05) is 0 Å². The van der Waals surface area contributed by atoms with Crippen LogP contribution in [0.15, 0.2) is 18.2 Å². The molecule has 0 heterocycles. The molecule has 0 aromatic heterocycles. The first-order chi connectivity index (χ1) is 8.81. The number of hydrogen-bond donors (Lipinski definition) is 3. The van der Waals surface area contributed by atoms with Crippen LogP contribution in [0.4, 0.5) is 0 Å². The van der Waals surface area contributed by atoms with E-state index in [0.717, 1.165) is 0 Å². The van der Waals surface area contributed by atoms with E-state index in [0.29, 0.717) is 12.8 Å². The van der Waals surface area contributed by atoms with Crippen LogP contribution in [0.25, 0.3) is 0 Å². The minimum absolute atomic E-state index is 0.0252. The van der Waals surface area contributed by atoms with Gasteiger partial charge < -0.3 is 15.5 Å². The van der Waals surface area contributed by atoms with Gasteiger partial charge >= 0.3 is 5.97 Å². The van der Waals surface area contributed by atoms with Gasteiger partial charge in [-0.15, -0.1) is 0 Å². The van der Waals surface area contributed by atoms with Crippen LogP contribution in [0, 0.1) is 0 Å². The number of rotatable bonds is 3. The first-order valence-electron chi connectivity index (χ1n) is 5.87. The number of benzene rings is 1. The molecule has 0 radical (unpaired) electrons. The van der Waals surface area contributed by atoms with Gasteiger partial charge in [0, 0.05) is 0 Å². The second kappa shape index (κ2) is 4.83. The van der Waals surface area contributed by atoms with Crippen molar-refractivity contribution in [1.82, 2.24) is 5.32 Å². The molecule has 0 spiro atoms. The van der Waals surface area contributed by atoms with E-state index in [1.54, 1.807) is 6.92 Å². The average Bonchev–Trinajstić information content (AvgIpc) is 2.34. The molecule has 5 nitrogen and oxygen atoms in total. The maximum atomic E-state index is 12.0. The van der Waals surface area contributed by atoms with Crippen LogP contribution in [0.5, 0.6) is 0 Å². The van der Waals surface area contributed by atoms with Crippen LogP contribution in [-0.2, 0) is 0 Å². The highest BCUT2D eigenvalue weighted by molar-refractivity contribution is 6.34. The molecule has 1 saturated carbocycles. The summed E-state index contributed by atoms with van der Waals surface area (Å²) in [7, 11) is 0. The number of hydrogen-bond acceptors (Lipinski definition) is 3. The number of nitrogens with one attached hydrogen (secondary N) is 1. The molecular weight excluding hydrogens is 270 g/mol. The molecule has 0 saturated heterocycles. The van der Waals surface area contributed by atoms with Gasteiger partial charge in [0.2, 0.25) is 0 Å². The van der Waals surface area contributed by atoms with Gasteiger partial charge in [0.1, 0.15) is 0 Å². The minimum Gasteiger partial charge on any atom is -0.478 e. The van der Waals surface area contributed by atoms with E-state index in [4.69, 9.17) is 16.7 Å². The third kappa shape index (κ3) is 2.72. The number of carbonyl (C=O) groups excluding carboxylic acids is 1. The van der Waals surface area contributed by atoms with Crippen molar-refractivity contribution in [2.45, 2.75) is 31.4 Å². The van der Waals surface area contributed by atoms with Crippen LogP contribution in [0.2, 0.25) is 5.02 Å². The number of aliphatic hydroxyl groups is 1. The lowest BCUT2D eigenvalue weighted by molar-refractivity contribution is -0.0486. The molecule has 6 heteroatoms. The summed E-state index contributed by atoms with van der Waals surface area (Å²) in [5.74, 6) is -1.51.